The first-order valence-corrected chi connectivity index (χ1v) is 9.36. The maximum Gasteiger partial charge on any atom is 0.126 e. The zero-order valence-corrected chi connectivity index (χ0v) is 14.9. The van der Waals surface area contributed by atoms with Gasteiger partial charge in [-0.1, -0.05) is 25.5 Å². The molecule has 0 aliphatic rings. The molecule has 0 saturated heterocycles. The van der Waals surface area contributed by atoms with Gasteiger partial charge in [-0.05, 0) is 48.7 Å². The average molecular weight is 348 g/mol. The van der Waals surface area contributed by atoms with Gasteiger partial charge in [0.2, 0.25) is 0 Å². The van der Waals surface area contributed by atoms with Crippen molar-refractivity contribution in [1.29, 1.82) is 0 Å². The van der Waals surface area contributed by atoms with Crippen molar-refractivity contribution in [2.75, 3.05) is 5.73 Å². The number of H-pyrrole nitrogens is 1. The van der Waals surface area contributed by atoms with Crippen LogP contribution in [0.2, 0.25) is 0 Å². The number of para-hydroxylation sites is 1. The number of rotatable bonds is 5. The summed E-state index contributed by atoms with van der Waals surface area (Å²) in [4.78, 5) is 4.91. The van der Waals surface area contributed by atoms with Crippen molar-refractivity contribution in [3.63, 3.8) is 0 Å². The van der Waals surface area contributed by atoms with Gasteiger partial charge >= 0.3 is 0 Å². The standard InChI is InChI=1S/C20H20N4S/c1-2-3-6-13-11-15(17-9-10-22-24-17)19-18(12-13)25-20(23-19)14-7-4-5-8-16(14)21/h4-5,7-12H,2-3,6,21H2,1H3,(H,22,24). The maximum absolute atomic E-state index is 6.15. The smallest absolute Gasteiger partial charge is 0.126 e. The molecular weight excluding hydrogens is 328 g/mol. The van der Waals surface area contributed by atoms with Crippen molar-refractivity contribution >= 4 is 27.2 Å². The van der Waals surface area contributed by atoms with Crippen LogP contribution in [0.5, 0.6) is 0 Å². The highest BCUT2D eigenvalue weighted by atomic mass is 32.1. The van der Waals surface area contributed by atoms with E-state index in [1.807, 2.05) is 30.3 Å². The van der Waals surface area contributed by atoms with E-state index in [1.165, 1.54) is 23.1 Å². The highest BCUT2D eigenvalue weighted by molar-refractivity contribution is 7.21. The fraction of sp³-hybridized carbons (Fsp3) is 0.200. The molecule has 0 amide bonds. The van der Waals surface area contributed by atoms with Gasteiger partial charge in [-0.15, -0.1) is 11.3 Å². The number of aromatic amines is 1. The summed E-state index contributed by atoms with van der Waals surface area (Å²) >= 11 is 1.70. The third-order valence-electron chi connectivity index (χ3n) is 4.36. The molecule has 126 valence electrons. The molecule has 0 radical (unpaired) electrons. The van der Waals surface area contributed by atoms with Gasteiger partial charge in [-0.25, -0.2) is 4.98 Å². The minimum absolute atomic E-state index is 0.760. The Morgan fingerprint density at radius 1 is 1.12 bits per heavy atom. The summed E-state index contributed by atoms with van der Waals surface area (Å²) in [6.45, 7) is 2.22. The van der Waals surface area contributed by atoms with Crippen LogP contribution in [-0.4, -0.2) is 15.2 Å². The first-order valence-electron chi connectivity index (χ1n) is 8.54. The lowest BCUT2D eigenvalue weighted by Crippen LogP contribution is -1.89. The number of nitrogens with zero attached hydrogens (tertiary/aromatic N) is 2. The quantitative estimate of drug-likeness (QED) is 0.482. The van der Waals surface area contributed by atoms with Crippen LogP contribution < -0.4 is 5.73 Å². The number of thiazole rings is 1. The van der Waals surface area contributed by atoms with E-state index in [2.05, 4.69) is 29.3 Å². The van der Waals surface area contributed by atoms with Gasteiger partial charge in [0, 0.05) is 23.0 Å². The van der Waals surface area contributed by atoms with Gasteiger partial charge < -0.3 is 5.73 Å². The largest absolute Gasteiger partial charge is 0.398 e. The number of hydrogen-bond acceptors (Lipinski definition) is 4. The van der Waals surface area contributed by atoms with Gasteiger partial charge in [0.05, 0.1) is 15.9 Å². The van der Waals surface area contributed by atoms with Crippen LogP contribution >= 0.6 is 11.3 Å². The fourth-order valence-corrected chi connectivity index (χ4v) is 4.13. The van der Waals surface area contributed by atoms with Gasteiger partial charge in [0.25, 0.3) is 0 Å². The fourth-order valence-electron chi connectivity index (χ4n) is 3.03. The first kappa shape index (κ1) is 15.8. The predicted octanol–water partition coefficient (Wildman–Crippen LogP) is 5.28. The lowest BCUT2D eigenvalue weighted by atomic mass is 10.0. The summed E-state index contributed by atoms with van der Waals surface area (Å²) in [6.07, 6.45) is 5.23. The van der Waals surface area contributed by atoms with Crippen LogP contribution in [0, 0.1) is 0 Å². The molecule has 0 bridgehead atoms. The van der Waals surface area contributed by atoms with E-state index < -0.39 is 0 Å². The molecule has 25 heavy (non-hydrogen) atoms. The number of nitrogens with one attached hydrogen (secondary N) is 1. The summed E-state index contributed by atoms with van der Waals surface area (Å²) in [5, 5.41) is 8.15. The number of nitrogens with two attached hydrogens (primary N) is 1. The van der Waals surface area contributed by atoms with Gasteiger partial charge in [0.1, 0.15) is 5.01 Å². The molecule has 2 aromatic heterocycles. The molecule has 0 aliphatic heterocycles. The predicted molar refractivity (Wildman–Crippen MR) is 106 cm³/mol. The number of fused-ring (bicyclic) bond motifs is 1. The normalized spacial score (nSPS) is 11.2. The summed E-state index contributed by atoms with van der Waals surface area (Å²) in [5.41, 5.74) is 12.4. The SMILES string of the molecule is CCCCc1cc(-c2ccn[nH]2)c2nc(-c3ccccc3N)sc2c1. The summed E-state index contributed by atoms with van der Waals surface area (Å²) in [7, 11) is 0. The molecule has 0 saturated carbocycles. The molecular formula is C20H20N4S. The molecule has 0 spiro atoms. The summed E-state index contributed by atoms with van der Waals surface area (Å²) in [6, 6.07) is 14.4. The van der Waals surface area contributed by atoms with E-state index in [4.69, 9.17) is 10.7 Å². The van der Waals surface area contributed by atoms with E-state index in [1.54, 1.807) is 17.5 Å². The molecule has 4 rings (SSSR count). The number of hydrogen-bond donors (Lipinski definition) is 2. The average Bonchev–Trinajstić information content (AvgIpc) is 3.29. The highest BCUT2D eigenvalue weighted by Gasteiger charge is 2.15. The van der Waals surface area contributed by atoms with E-state index in [-0.39, 0.29) is 0 Å². The Labute approximate surface area is 150 Å². The van der Waals surface area contributed by atoms with Crippen molar-refractivity contribution in [3.05, 3.63) is 54.2 Å². The van der Waals surface area contributed by atoms with E-state index in [0.717, 1.165) is 39.5 Å². The van der Waals surface area contributed by atoms with Crippen LogP contribution in [0.1, 0.15) is 25.3 Å². The van der Waals surface area contributed by atoms with Crippen molar-refractivity contribution in [3.8, 4) is 21.8 Å². The Bertz CT molecular complexity index is 1000. The lowest BCUT2D eigenvalue weighted by molar-refractivity contribution is 0.796. The second-order valence-corrected chi connectivity index (χ2v) is 7.20. The second kappa shape index (κ2) is 6.69. The first-order chi connectivity index (χ1) is 12.3. The lowest BCUT2D eigenvalue weighted by Gasteiger charge is -2.05. The zero-order valence-electron chi connectivity index (χ0n) is 14.1. The zero-order chi connectivity index (χ0) is 17.2. The van der Waals surface area contributed by atoms with Crippen molar-refractivity contribution in [2.45, 2.75) is 26.2 Å². The van der Waals surface area contributed by atoms with Crippen LogP contribution in [0.3, 0.4) is 0 Å². The van der Waals surface area contributed by atoms with Crippen LogP contribution in [0.25, 0.3) is 32.0 Å². The van der Waals surface area contributed by atoms with Crippen LogP contribution in [0.15, 0.2) is 48.7 Å². The van der Waals surface area contributed by atoms with Crippen LogP contribution in [0.4, 0.5) is 5.69 Å². The van der Waals surface area contributed by atoms with Crippen LogP contribution in [-0.2, 0) is 6.42 Å². The molecule has 0 unspecified atom stereocenters. The number of aromatic nitrogens is 3. The number of benzene rings is 2. The van der Waals surface area contributed by atoms with Gasteiger partial charge in [0.15, 0.2) is 0 Å². The molecule has 3 N–H and O–H groups in total. The topological polar surface area (TPSA) is 67.6 Å². The maximum atomic E-state index is 6.15. The third-order valence-corrected chi connectivity index (χ3v) is 5.39. The van der Waals surface area contributed by atoms with Gasteiger partial charge in [-0.2, -0.15) is 5.10 Å². The van der Waals surface area contributed by atoms with Crippen molar-refractivity contribution < 1.29 is 0 Å². The molecule has 0 aliphatic carbocycles. The Balaban J connectivity index is 1.90. The Morgan fingerprint density at radius 2 is 2.00 bits per heavy atom. The molecule has 4 aromatic rings. The number of aryl methyl sites for hydroxylation is 1. The number of nitrogen functional groups attached to an aromatic ring is 1. The second-order valence-electron chi connectivity index (χ2n) is 6.17. The van der Waals surface area contributed by atoms with Crippen molar-refractivity contribution in [1.82, 2.24) is 15.2 Å². The van der Waals surface area contributed by atoms with E-state index in [0.29, 0.717) is 0 Å². The molecule has 0 fully saturated rings. The summed E-state index contributed by atoms with van der Waals surface area (Å²) in [5.74, 6) is 0. The molecule has 2 aromatic carbocycles. The van der Waals surface area contributed by atoms with E-state index in [9.17, 15) is 0 Å². The monoisotopic (exact) mass is 348 g/mol. The minimum Gasteiger partial charge on any atom is -0.398 e. The molecule has 2 heterocycles. The summed E-state index contributed by atoms with van der Waals surface area (Å²) < 4.78 is 1.19. The molecule has 5 heteroatoms. The Kier molecular flexibility index (Phi) is 4.24. The Morgan fingerprint density at radius 3 is 2.76 bits per heavy atom. The highest BCUT2D eigenvalue weighted by Crippen LogP contribution is 2.38. The number of unbranched alkanes of at least 4 members (excludes halogenated alkanes) is 1. The molecule has 0 atom stereocenters. The van der Waals surface area contributed by atoms with E-state index >= 15 is 0 Å². The van der Waals surface area contributed by atoms with Crippen molar-refractivity contribution in [2.24, 2.45) is 0 Å². The number of anilines is 1. The Hall–Kier alpha value is -2.66. The third kappa shape index (κ3) is 3.03. The minimum atomic E-state index is 0.760. The van der Waals surface area contributed by atoms with Gasteiger partial charge in [-0.3, -0.25) is 5.10 Å². The molecule has 4 nitrogen and oxygen atoms in total.